The van der Waals surface area contributed by atoms with E-state index in [1.54, 1.807) is 13.4 Å². The lowest BCUT2D eigenvalue weighted by molar-refractivity contribution is 0.416. The van der Waals surface area contributed by atoms with Crippen LogP contribution in [0.1, 0.15) is 11.3 Å². The first-order valence-electron chi connectivity index (χ1n) is 5.65. The molecule has 0 aliphatic rings. The van der Waals surface area contributed by atoms with Crippen molar-refractivity contribution in [3.8, 4) is 5.75 Å². The van der Waals surface area contributed by atoms with Crippen LogP contribution in [0.3, 0.4) is 0 Å². The Hall–Kier alpha value is -1.49. The molecule has 2 aromatic rings. The summed E-state index contributed by atoms with van der Waals surface area (Å²) in [6, 6.07) is 4.02. The summed E-state index contributed by atoms with van der Waals surface area (Å²) in [5, 5.41) is 3.40. The highest BCUT2D eigenvalue weighted by Crippen LogP contribution is 2.32. The second-order valence-corrected chi connectivity index (χ2v) is 5.07. The maximum Gasteiger partial charge on any atom is 0.143 e. The number of halogens is 1. The number of imidazole rings is 1. The van der Waals surface area contributed by atoms with Crippen LogP contribution < -0.4 is 10.1 Å². The smallest absolute Gasteiger partial charge is 0.143 e. The molecule has 1 aromatic heterocycles. The Kier molecular flexibility index (Phi) is 3.91. The lowest BCUT2D eigenvalue weighted by atomic mass is 10.2. The highest BCUT2D eigenvalue weighted by Gasteiger charge is 2.08. The molecule has 0 aliphatic heterocycles. The fourth-order valence-electron chi connectivity index (χ4n) is 1.83. The molecule has 1 N–H and O–H groups in total. The summed E-state index contributed by atoms with van der Waals surface area (Å²) in [5.74, 6) is 0.837. The van der Waals surface area contributed by atoms with E-state index in [0.717, 1.165) is 33.7 Å². The molecule has 1 heterocycles. The van der Waals surface area contributed by atoms with Crippen molar-refractivity contribution in [3.05, 3.63) is 40.4 Å². The van der Waals surface area contributed by atoms with Gasteiger partial charge < -0.3 is 14.6 Å². The average molecular weight is 310 g/mol. The fraction of sp³-hybridized carbons (Fsp3) is 0.308. The summed E-state index contributed by atoms with van der Waals surface area (Å²) in [4.78, 5) is 4.10. The first-order valence-corrected chi connectivity index (χ1v) is 6.44. The van der Waals surface area contributed by atoms with Crippen LogP contribution in [0.5, 0.6) is 5.75 Å². The molecule has 0 amide bonds. The Morgan fingerprint density at radius 2 is 2.22 bits per heavy atom. The predicted octanol–water partition coefficient (Wildman–Crippen LogP) is 3.11. The van der Waals surface area contributed by atoms with Gasteiger partial charge in [-0.2, -0.15) is 0 Å². The van der Waals surface area contributed by atoms with Gasteiger partial charge in [0.25, 0.3) is 0 Å². The third kappa shape index (κ3) is 2.67. The second kappa shape index (κ2) is 5.44. The van der Waals surface area contributed by atoms with E-state index in [9.17, 15) is 0 Å². The highest BCUT2D eigenvalue weighted by molar-refractivity contribution is 9.10. The van der Waals surface area contributed by atoms with E-state index >= 15 is 0 Å². The van der Waals surface area contributed by atoms with Crippen molar-refractivity contribution in [1.29, 1.82) is 0 Å². The van der Waals surface area contributed by atoms with Gasteiger partial charge in [0.05, 0.1) is 31.4 Å². The molecule has 0 fully saturated rings. The molecule has 0 saturated carbocycles. The Bertz CT molecular complexity index is 551. The van der Waals surface area contributed by atoms with E-state index in [2.05, 4.69) is 39.2 Å². The summed E-state index contributed by atoms with van der Waals surface area (Å²) in [6.45, 7) is 2.77. The van der Waals surface area contributed by atoms with E-state index in [1.807, 2.05) is 23.9 Å². The molecular formula is C13H16BrN3O. The van der Waals surface area contributed by atoms with Gasteiger partial charge in [0.1, 0.15) is 5.75 Å². The van der Waals surface area contributed by atoms with Crippen molar-refractivity contribution in [2.24, 2.45) is 7.05 Å². The number of rotatable bonds is 4. The molecular weight excluding hydrogens is 294 g/mol. The molecule has 0 unspecified atom stereocenters. The second-order valence-electron chi connectivity index (χ2n) is 4.15. The molecule has 96 valence electrons. The van der Waals surface area contributed by atoms with E-state index < -0.39 is 0 Å². The first kappa shape index (κ1) is 13.0. The maximum atomic E-state index is 5.39. The normalized spacial score (nSPS) is 10.4. The van der Waals surface area contributed by atoms with E-state index in [0.29, 0.717) is 0 Å². The van der Waals surface area contributed by atoms with E-state index in [1.165, 1.54) is 0 Å². The minimum absolute atomic E-state index is 0.718. The van der Waals surface area contributed by atoms with Crippen LogP contribution in [0.25, 0.3) is 0 Å². The molecule has 18 heavy (non-hydrogen) atoms. The summed E-state index contributed by atoms with van der Waals surface area (Å²) in [6.07, 6.45) is 3.65. The Labute approximate surface area is 115 Å². The van der Waals surface area contributed by atoms with Gasteiger partial charge in [0.2, 0.25) is 0 Å². The third-order valence-electron chi connectivity index (χ3n) is 2.85. The summed E-state index contributed by atoms with van der Waals surface area (Å²) in [7, 11) is 3.66. The molecule has 1 aromatic carbocycles. The minimum Gasteiger partial charge on any atom is -0.495 e. The van der Waals surface area contributed by atoms with Crippen LogP contribution in [0.15, 0.2) is 29.1 Å². The average Bonchev–Trinajstić information content (AvgIpc) is 2.73. The zero-order valence-electron chi connectivity index (χ0n) is 10.7. The zero-order chi connectivity index (χ0) is 13.1. The number of ether oxygens (including phenoxy) is 1. The summed E-state index contributed by atoms with van der Waals surface area (Å²) in [5.41, 5.74) is 3.28. The van der Waals surface area contributed by atoms with E-state index in [4.69, 9.17) is 4.74 Å². The van der Waals surface area contributed by atoms with Gasteiger partial charge in [-0.3, -0.25) is 0 Å². The molecule has 0 bridgehead atoms. The van der Waals surface area contributed by atoms with Gasteiger partial charge in [0.15, 0.2) is 0 Å². The molecule has 2 rings (SSSR count). The molecule has 0 radical (unpaired) electrons. The lowest BCUT2D eigenvalue weighted by Crippen LogP contribution is -2.06. The van der Waals surface area contributed by atoms with Crippen molar-refractivity contribution in [1.82, 2.24) is 9.55 Å². The van der Waals surface area contributed by atoms with Gasteiger partial charge in [-0.25, -0.2) is 4.98 Å². The molecule has 4 nitrogen and oxygen atoms in total. The van der Waals surface area contributed by atoms with Gasteiger partial charge >= 0.3 is 0 Å². The topological polar surface area (TPSA) is 39.1 Å². The summed E-state index contributed by atoms with van der Waals surface area (Å²) < 4.78 is 8.40. The highest BCUT2D eigenvalue weighted by atomic mass is 79.9. The maximum absolute atomic E-state index is 5.39. The number of aromatic nitrogens is 2. The largest absolute Gasteiger partial charge is 0.495 e. The molecule has 0 spiro atoms. The van der Waals surface area contributed by atoms with E-state index in [-0.39, 0.29) is 0 Å². The predicted molar refractivity (Wildman–Crippen MR) is 76.0 cm³/mol. The number of benzene rings is 1. The molecule has 5 heteroatoms. The van der Waals surface area contributed by atoms with Gasteiger partial charge in [0, 0.05) is 17.7 Å². The first-order chi connectivity index (χ1) is 8.61. The van der Waals surface area contributed by atoms with Crippen LogP contribution in [0, 0.1) is 6.92 Å². The number of nitrogens with zero attached hydrogens (tertiary/aromatic N) is 2. The van der Waals surface area contributed by atoms with Gasteiger partial charge in [-0.05, 0) is 24.6 Å². The third-order valence-corrected chi connectivity index (χ3v) is 3.30. The number of hydrogen-bond acceptors (Lipinski definition) is 3. The van der Waals surface area contributed by atoms with Crippen LogP contribution in [-0.4, -0.2) is 16.7 Å². The lowest BCUT2D eigenvalue weighted by Gasteiger charge is -2.14. The number of hydrogen-bond donors (Lipinski definition) is 1. The molecule has 0 atom stereocenters. The SMILES string of the molecule is COc1cc(Br)cc(C)c1NCc1cncn1C. The van der Waals surface area contributed by atoms with Crippen molar-refractivity contribution in [3.63, 3.8) is 0 Å². The zero-order valence-corrected chi connectivity index (χ0v) is 12.3. The Balaban J connectivity index is 2.21. The number of methoxy groups -OCH3 is 1. The summed E-state index contributed by atoms with van der Waals surface area (Å²) >= 11 is 3.47. The van der Waals surface area contributed by atoms with Crippen LogP contribution >= 0.6 is 15.9 Å². The van der Waals surface area contributed by atoms with Crippen molar-refractivity contribution >= 4 is 21.6 Å². The fourth-order valence-corrected chi connectivity index (χ4v) is 2.39. The molecule has 0 aliphatic carbocycles. The number of anilines is 1. The quantitative estimate of drug-likeness (QED) is 0.943. The number of aryl methyl sites for hydroxylation is 2. The van der Waals surface area contributed by atoms with Crippen LogP contribution in [0.2, 0.25) is 0 Å². The molecule has 0 saturated heterocycles. The Morgan fingerprint density at radius 3 is 2.83 bits per heavy atom. The van der Waals surface area contributed by atoms with Crippen LogP contribution in [-0.2, 0) is 13.6 Å². The minimum atomic E-state index is 0.718. The number of nitrogens with one attached hydrogen (secondary N) is 1. The van der Waals surface area contributed by atoms with Gasteiger partial charge in [-0.1, -0.05) is 15.9 Å². The van der Waals surface area contributed by atoms with Crippen molar-refractivity contribution in [2.45, 2.75) is 13.5 Å². The Morgan fingerprint density at radius 1 is 1.44 bits per heavy atom. The van der Waals surface area contributed by atoms with Crippen LogP contribution in [0.4, 0.5) is 5.69 Å². The van der Waals surface area contributed by atoms with Crippen molar-refractivity contribution in [2.75, 3.05) is 12.4 Å². The van der Waals surface area contributed by atoms with Crippen molar-refractivity contribution < 1.29 is 4.74 Å². The standard InChI is InChI=1S/C13H16BrN3O/c1-9-4-10(14)5-12(18-3)13(9)16-7-11-6-15-8-17(11)2/h4-6,8,16H,7H2,1-3H3. The monoisotopic (exact) mass is 309 g/mol. The van der Waals surface area contributed by atoms with Gasteiger partial charge in [-0.15, -0.1) is 0 Å².